The first kappa shape index (κ1) is 20.2. The molecule has 8 nitrogen and oxygen atoms in total. The molecule has 1 N–H and O–H groups in total. The zero-order chi connectivity index (χ0) is 21.8. The molecule has 1 atom stereocenters. The molecule has 2 aromatic heterocycles. The van der Waals surface area contributed by atoms with Gasteiger partial charge in [0.1, 0.15) is 6.04 Å². The highest BCUT2D eigenvalue weighted by atomic mass is 16.5. The van der Waals surface area contributed by atoms with E-state index in [0.717, 1.165) is 16.7 Å². The molecule has 1 unspecified atom stereocenters. The molecule has 0 bridgehead atoms. The summed E-state index contributed by atoms with van der Waals surface area (Å²) in [5, 5.41) is 11.0. The minimum absolute atomic E-state index is 0.0510. The molecule has 0 saturated carbocycles. The Morgan fingerprint density at radius 1 is 1.03 bits per heavy atom. The summed E-state index contributed by atoms with van der Waals surface area (Å²) < 4.78 is 6.38. The van der Waals surface area contributed by atoms with Crippen LogP contribution < -0.4 is 10.9 Å². The maximum atomic E-state index is 12.6. The van der Waals surface area contributed by atoms with Crippen LogP contribution in [0.3, 0.4) is 0 Å². The molecule has 1 amide bonds. The maximum absolute atomic E-state index is 12.6. The van der Waals surface area contributed by atoms with Crippen molar-refractivity contribution in [2.75, 3.05) is 0 Å². The lowest BCUT2D eigenvalue weighted by Crippen LogP contribution is -2.36. The molecule has 0 fully saturated rings. The number of benzene rings is 2. The molecule has 4 aromatic rings. The van der Waals surface area contributed by atoms with Crippen LogP contribution in [0.15, 0.2) is 76.0 Å². The Balaban J connectivity index is 1.46. The van der Waals surface area contributed by atoms with E-state index in [1.165, 1.54) is 10.7 Å². The Hall–Kier alpha value is -4.07. The molecular formula is C23H21N5O3. The third-order valence-corrected chi connectivity index (χ3v) is 4.83. The van der Waals surface area contributed by atoms with Crippen LogP contribution in [-0.2, 0) is 11.3 Å². The van der Waals surface area contributed by atoms with E-state index in [9.17, 15) is 9.59 Å². The minimum atomic E-state index is -0.811. The summed E-state index contributed by atoms with van der Waals surface area (Å²) >= 11 is 0. The van der Waals surface area contributed by atoms with E-state index in [1.54, 1.807) is 13.0 Å². The smallest absolute Gasteiger partial charge is 0.267 e. The van der Waals surface area contributed by atoms with Gasteiger partial charge in [0, 0.05) is 17.2 Å². The number of aromatic nitrogens is 4. The summed E-state index contributed by atoms with van der Waals surface area (Å²) in [5.74, 6) is 0.338. The largest absolute Gasteiger partial charge is 0.345 e. The van der Waals surface area contributed by atoms with Crippen molar-refractivity contribution in [3.8, 4) is 22.6 Å². The average molecular weight is 415 g/mol. The summed E-state index contributed by atoms with van der Waals surface area (Å²) in [6.45, 7) is 3.66. The van der Waals surface area contributed by atoms with E-state index >= 15 is 0 Å². The van der Waals surface area contributed by atoms with Gasteiger partial charge < -0.3 is 9.84 Å². The molecule has 31 heavy (non-hydrogen) atoms. The molecule has 2 aromatic carbocycles. The second kappa shape index (κ2) is 8.74. The summed E-state index contributed by atoms with van der Waals surface area (Å²) in [6, 6.07) is 19.4. The van der Waals surface area contributed by atoms with Crippen molar-refractivity contribution in [1.29, 1.82) is 0 Å². The molecule has 0 aliphatic carbocycles. The predicted molar refractivity (Wildman–Crippen MR) is 115 cm³/mol. The van der Waals surface area contributed by atoms with Crippen LogP contribution in [0.25, 0.3) is 22.6 Å². The highest BCUT2D eigenvalue weighted by Crippen LogP contribution is 2.17. The number of hydrogen-bond donors (Lipinski definition) is 1. The van der Waals surface area contributed by atoms with Gasteiger partial charge in [-0.05, 0) is 19.9 Å². The van der Waals surface area contributed by atoms with Crippen molar-refractivity contribution in [3.05, 3.63) is 88.5 Å². The predicted octanol–water partition coefficient (Wildman–Crippen LogP) is 3.15. The molecule has 4 rings (SSSR count). The molecule has 0 aliphatic heterocycles. The Kier molecular flexibility index (Phi) is 5.70. The quantitative estimate of drug-likeness (QED) is 0.519. The fourth-order valence-corrected chi connectivity index (χ4v) is 3.03. The van der Waals surface area contributed by atoms with Crippen LogP contribution in [0.1, 0.15) is 24.4 Å². The summed E-state index contributed by atoms with van der Waals surface area (Å²) in [5.41, 5.74) is 3.07. The third-order valence-electron chi connectivity index (χ3n) is 4.83. The zero-order valence-corrected chi connectivity index (χ0v) is 17.1. The standard InChI is InChI=1S/C23H21N5O3/c1-15-8-10-17(11-9-15)19-12-13-21(29)28(26-19)16(2)23(30)24-14-20-25-22(27-31-20)18-6-4-3-5-7-18/h3-13,16H,14H2,1-2H3,(H,24,30). The van der Waals surface area contributed by atoms with Crippen LogP contribution in [-0.4, -0.2) is 25.8 Å². The van der Waals surface area contributed by atoms with Gasteiger partial charge in [-0.25, -0.2) is 4.68 Å². The first-order chi connectivity index (χ1) is 15.0. The lowest BCUT2D eigenvalue weighted by Gasteiger charge is -2.14. The van der Waals surface area contributed by atoms with Crippen LogP contribution >= 0.6 is 0 Å². The highest BCUT2D eigenvalue weighted by Gasteiger charge is 2.19. The van der Waals surface area contributed by atoms with Crippen LogP contribution in [0, 0.1) is 6.92 Å². The normalized spacial score (nSPS) is 11.8. The van der Waals surface area contributed by atoms with Gasteiger partial charge >= 0.3 is 0 Å². The lowest BCUT2D eigenvalue weighted by atomic mass is 10.1. The second-order valence-corrected chi connectivity index (χ2v) is 7.14. The van der Waals surface area contributed by atoms with Gasteiger partial charge in [-0.2, -0.15) is 10.1 Å². The van der Waals surface area contributed by atoms with E-state index in [-0.39, 0.29) is 23.9 Å². The second-order valence-electron chi connectivity index (χ2n) is 7.14. The van der Waals surface area contributed by atoms with Gasteiger partial charge in [0.05, 0.1) is 12.2 Å². The Morgan fingerprint density at radius 3 is 2.52 bits per heavy atom. The van der Waals surface area contributed by atoms with Crippen molar-refractivity contribution < 1.29 is 9.32 Å². The van der Waals surface area contributed by atoms with E-state index in [4.69, 9.17) is 4.52 Å². The zero-order valence-electron chi connectivity index (χ0n) is 17.1. The monoisotopic (exact) mass is 415 g/mol. The van der Waals surface area contributed by atoms with Gasteiger partial charge in [0.15, 0.2) is 0 Å². The number of rotatable bonds is 6. The topological polar surface area (TPSA) is 103 Å². The van der Waals surface area contributed by atoms with Crippen LogP contribution in [0.4, 0.5) is 0 Å². The van der Waals surface area contributed by atoms with Crippen molar-refractivity contribution in [2.45, 2.75) is 26.4 Å². The van der Waals surface area contributed by atoms with Gasteiger partial charge in [-0.1, -0.05) is 65.3 Å². The molecule has 0 saturated heterocycles. The fraction of sp³-hybridized carbons (Fsp3) is 0.174. The average Bonchev–Trinajstić information content (AvgIpc) is 3.28. The molecule has 156 valence electrons. The van der Waals surface area contributed by atoms with E-state index in [1.807, 2.05) is 61.5 Å². The Labute approximate surface area is 178 Å². The lowest BCUT2D eigenvalue weighted by molar-refractivity contribution is -0.124. The first-order valence-corrected chi connectivity index (χ1v) is 9.84. The molecule has 0 radical (unpaired) electrons. The number of carbonyl (C=O) groups excluding carboxylic acids is 1. The van der Waals surface area contributed by atoms with Crippen LogP contribution in [0.5, 0.6) is 0 Å². The molecule has 8 heteroatoms. The molecule has 0 aliphatic rings. The van der Waals surface area contributed by atoms with E-state index in [0.29, 0.717) is 11.5 Å². The van der Waals surface area contributed by atoms with Crippen molar-refractivity contribution in [1.82, 2.24) is 25.2 Å². The van der Waals surface area contributed by atoms with Crippen molar-refractivity contribution in [2.24, 2.45) is 0 Å². The van der Waals surface area contributed by atoms with Gasteiger partial charge in [-0.3, -0.25) is 9.59 Å². The summed E-state index contributed by atoms with van der Waals surface area (Å²) in [6.07, 6.45) is 0. The maximum Gasteiger partial charge on any atom is 0.267 e. The van der Waals surface area contributed by atoms with E-state index < -0.39 is 6.04 Å². The number of aryl methyl sites for hydroxylation is 1. The third kappa shape index (κ3) is 4.58. The number of carbonyl (C=O) groups is 1. The Bertz CT molecular complexity index is 1250. The number of hydrogen-bond acceptors (Lipinski definition) is 6. The fourth-order valence-electron chi connectivity index (χ4n) is 3.03. The molecule has 2 heterocycles. The summed E-state index contributed by atoms with van der Waals surface area (Å²) in [7, 11) is 0. The van der Waals surface area contributed by atoms with Crippen LogP contribution in [0.2, 0.25) is 0 Å². The number of nitrogens with one attached hydrogen (secondary N) is 1. The van der Waals surface area contributed by atoms with Gasteiger partial charge in [0.2, 0.25) is 17.6 Å². The van der Waals surface area contributed by atoms with Crippen molar-refractivity contribution >= 4 is 5.91 Å². The van der Waals surface area contributed by atoms with Gasteiger partial charge in [0.25, 0.3) is 5.56 Å². The SMILES string of the molecule is Cc1ccc(-c2ccc(=O)n(C(C)C(=O)NCc3nc(-c4ccccc4)no3)n2)cc1. The number of nitrogens with zero attached hydrogens (tertiary/aromatic N) is 4. The molecule has 0 spiro atoms. The minimum Gasteiger partial charge on any atom is -0.345 e. The number of amides is 1. The Morgan fingerprint density at radius 2 is 1.77 bits per heavy atom. The summed E-state index contributed by atoms with van der Waals surface area (Å²) in [4.78, 5) is 29.2. The first-order valence-electron chi connectivity index (χ1n) is 9.84. The highest BCUT2D eigenvalue weighted by molar-refractivity contribution is 5.79. The van der Waals surface area contributed by atoms with Gasteiger partial charge in [-0.15, -0.1) is 0 Å². The van der Waals surface area contributed by atoms with Crippen molar-refractivity contribution in [3.63, 3.8) is 0 Å². The van der Waals surface area contributed by atoms with E-state index in [2.05, 4.69) is 20.6 Å². The molecular weight excluding hydrogens is 394 g/mol.